The van der Waals surface area contributed by atoms with Crippen molar-refractivity contribution in [1.82, 2.24) is 15.5 Å². The summed E-state index contributed by atoms with van der Waals surface area (Å²) >= 11 is 0. The summed E-state index contributed by atoms with van der Waals surface area (Å²) in [4.78, 5) is 13.9. The molecule has 2 amide bonds. The highest BCUT2D eigenvalue weighted by atomic mass is 16.5. The van der Waals surface area contributed by atoms with Gasteiger partial charge in [0.2, 0.25) is 0 Å². The minimum atomic E-state index is -0.513. The van der Waals surface area contributed by atoms with Gasteiger partial charge in [-0.25, -0.2) is 4.79 Å². The molecule has 1 aromatic rings. The number of ether oxygens (including phenoxy) is 1. The SMILES string of the molecule is COc1ccc(CCNC(=O)NC[C@@H](O)CN2CCCC2)cc1. The summed E-state index contributed by atoms with van der Waals surface area (Å²) in [6.45, 7) is 3.56. The Balaban J connectivity index is 1.57. The van der Waals surface area contributed by atoms with Crippen LogP contribution < -0.4 is 15.4 Å². The molecule has 1 heterocycles. The number of amides is 2. The number of nitrogens with zero attached hydrogens (tertiary/aromatic N) is 1. The van der Waals surface area contributed by atoms with Crippen molar-refractivity contribution in [3.05, 3.63) is 29.8 Å². The van der Waals surface area contributed by atoms with Crippen LogP contribution in [0.4, 0.5) is 4.79 Å². The molecule has 0 saturated carbocycles. The summed E-state index contributed by atoms with van der Waals surface area (Å²) in [5.74, 6) is 0.825. The van der Waals surface area contributed by atoms with Gasteiger partial charge in [-0.2, -0.15) is 0 Å². The third kappa shape index (κ3) is 6.46. The number of aliphatic hydroxyl groups excluding tert-OH is 1. The Morgan fingerprint density at radius 3 is 2.61 bits per heavy atom. The first-order valence-electron chi connectivity index (χ1n) is 8.22. The van der Waals surface area contributed by atoms with Gasteiger partial charge in [0.15, 0.2) is 0 Å². The number of methoxy groups -OCH3 is 1. The van der Waals surface area contributed by atoms with E-state index in [-0.39, 0.29) is 12.6 Å². The van der Waals surface area contributed by atoms with Crippen LogP contribution in [0.5, 0.6) is 5.75 Å². The van der Waals surface area contributed by atoms with Crippen LogP contribution in [0.1, 0.15) is 18.4 Å². The van der Waals surface area contributed by atoms with Crippen molar-refractivity contribution >= 4 is 6.03 Å². The molecule has 23 heavy (non-hydrogen) atoms. The minimum Gasteiger partial charge on any atom is -0.497 e. The number of nitrogens with one attached hydrogen (secondary N) is 2. The number of carbonyl (C=O) groups excluding carboxylic acids is 1. The summed E-state index contributed by atoms with van der Waals surface area (Å²) in [7, 11) is 1.64. The molecule has 1 aliphatic heterocycles. The summed E-state index contributed by atoms with van der Waals surface area (Å²) in [6, 6.07) is 7.55. The molecule has 6 heteroatoms. The molecule has 1 fully saturated rings. The van der Waals surface area contributed by atoms with Gasteiger partial charge in [0, 0.05) is 19.6 Å². The third-order valence-corrected chi connectivity index (χ3v) is 4.02. The number of rotatable bonds is 8. The fourth-order valence-electron chi connectivity index (χ4n) is 2.71. The van der Waals surface area contributed by atoms with Crippen LogP contribution in [0.25, 0.3) is 0 Å². The third-order valence-electron chi connectivity index (χ3n) is 4.02. The fourth-order valence-corrected chi connectivity index (χ4v) is 2.71. The highest BCUT2D eigenvalue weighted by Crippen LogP contribution is 2.11. The zero-order valence-corrected chi connectivity index (χ0v) is 13.8. The van der Waals surface area contributed by atoms with E-state index in [0.717, 1.165) is 30.8 Å². The van der Waals surface area contributed by atoms with Crippen molar-refractivity contribution in [1.29, 1.82) is 0 Å². The van der Waals surface area contributed by atoms with E-state index in [1.165, 1.54) is 12.8 Å². The molecule has 0 aliphatic carbocycles. The number of aliphatic hydroxyl groups is 1. The van der Waals surface area contributed by atoms with Crippen molar-refractivity contribution in [2.45, 2.75) is 25.4 Å². The normalized spacial score (nSPS) is 16.1. The van der Waals surface area contributed by atoms with Crippen molar-refractivity contribution in [2.75, 3.05) is 39.8 Å². The van der Waals surface area contributed by atoms with Gasteiger partial charge in [0.25, 0.3) is 0 Å². The molecule has 0 bridgehead atoms. The lowest BCUT2D eigenvalue weighted by molar-refractivity contribution is 0.124. The Morgan fingerprint density at radius 2 is 1.96 bits per heavy atom. The second-order valence-corrected chi connectivity index (χ2v) is 5.90. The van der Waals surface area contributed by atoms with Gasteiger partial charge in [-0.05, 0) is 50.0 Å². The van der Waals surface area contributed by atoms with Crippen LogP contribution in [0.3, 0.4) is 0 Å². The van der Waals surface area contributed by atoms with Crippen molar-refractivity contribution < 1.29 is 14.6 Å². The maximum absolute atomic E-state index is 11.7. The molecule has 1 aliphatic rings. The second kappa shape index (κ2) is 9.37. The standard InChI is InChI=1S/C17H27N3O3/c1-23-16-6-4-14(5-7-16)8-9-18-17(22)19-12-15(21)13-20-10-2-3-11-20/h4-7,15,21H,2-3,8-13H2,1H3,(H2,18,19,22)/t15-/m1/s1. The van der Waals surface area contributed by atoms with E-state index in [1.807, 2.05) is 24.3 Å². The quantitative estimate of drug-likeness (QED) is 0.668. The van der Waals surface area contributed by atoms with Gasteiger partial charge < -0.3 is 25.4 Å². The van der Waals surface area contributed by atoms with Crippen LogP contribution in [-0.2, 0) is 6.42 Å². The highest BCUT2D eigenvalue weighted by molar-refractivity contribution is 5.73. The van der Waals surface area contributed by atoms with E-state index in [1.54, 1.807) is 7.11 Å². The van der Waals surface area contributed by atoms with Gasteiger partial charge in [0.05, 0.1) is 13.2 Å². The first-order chi connectivity index (χ1) is 11.2. The highest BCUT2D eigenvalue weighted by Gasteiger charge is 2.16. The average molecular weight is 321 g/mol. The van der Waals surface area contributed by atoms with Crippen LogP contribution in [0.2, 0.25) is 0 Å². The Bertz CT molecular complexity index is 472. The lowest BCUT2D eigenvalue weighted by Gasteiger charge is -2.19. The lowest BCUT2D eigenvalue weighted by atomic mass is 10.1. The Labute approximate surface area is 137 Å². The molecule has 0 unspecified atom stereocenters. The fraction of sp³-hybridized carbons (Fsp3) is 0.588. The van der Waals surface area contributed by atoms with Crippen molar-refractivity contribution in [2.24, 2.45) is 0 Å². The lowest BCUT2D eigenvalue weighted by Crippen LogP contribution is -2.43. The Morgan fingerprint density at radius 1 is 1.26 bits per heavy atom. The summed E-state index contributed by atoms with van der Waals surface area (Å²) in [5, 5.41) is 15.4. The zero-order chi connectivity index (χ0) is 16.5. The number of carbonyl (C=O) groups is 1. The van der Waals surface area contributed by atoms with Gasteiger partial charge in [-0.15, -0.1) is 0 Å². The van der Waals surface area contributed by atoms with E-state index in [2.05, 4.69) is 15.5 Å². The van der Waals surface area contributed by atoms with Crippen molar-refractivity contribution in [3.63, 3.8) is 0 Å². The van der Waals surface area contributed by atoms with E-state index in [0.29, 0.717) is 13.1 Å². The van der Waals surface area contributed by atoms with E-state index >= 15 is 0 Å². The summed E-state index contributed by atoms with van der Waals surface area (Å²) < 4.78 is 5.11. The number of urea groups is 1. The predicted octanol–water partition coefficient (Wildman–Crippen LogP) is 0.994. The number of benzene rings is 1. The minimum absolute atomic E-state index is 0.237. The zero-order valence-electron chi connectivity index (χ0n) is 13.8. The molecule has 0 aromatic heterocycles. The van der Waals surface area contributed by atoms with Crippen molar-refractivity contribution in [3.8, 4) is 5.75 Å². The molecule has 128 valence electrons. The Kier molecular flexibility index (Phi) is 7.16. The molecule has 2 rings (SSSR count). The van der Waals surface area contributed by atoms with E-state index < -0.39 is 6.10 Å². The van der Waals surface area contributed by atoms with Gasteiger partial charge in [-0.1, -0.05) is 12.1 Å². The number of hydrogen-bond acceptors (Lipinski definition) is 4. The van der Waals surface area contributed by atoms with Gasteiger partial charge in [-0.3, -0.25) is 0 Å². The number of β-amino-alcohol motifs (C(OH)–C–C–N with tert-alkyl or cyclic N) is 1. The second-order valence-electron chi connectivity index (χ2n) is 5.90. The molecule has 3 N–H and O–H groups in total. The summed E-state index contributed by atoms with van der Waals surface area (Å²) in [6.07, 6.45) is 2.64. The molecule has 1 atom stereocenters. The first-order valence-corrected chi connectivity index (χ1v) is 8.22. The maximum Gasteiger partial charge on any atom is 0.314 e. The molecular weight excluding hydrogens is 294 g/mol. The smallest absolute Gasteiger partial charge is 0.314 e. The molecule has 6 nitrogen and oxygen atoms in total. The topological polar surface area (TPSA) is 73.8 Å². The van der Waals surface area contributed by atoms with Gasteiger partial charge >= 0.3 is 6.03 Å². The molecular formula is C17H27N3O3. The molecule has 1 saturated heterocycles. The van der Waals surface area contributed by atoms with Gasteiger partial charge in [0.1, 0.15) is 5.75 Å². The van der Waals surface area contributed by atoms with Crippen LogP contribution in [-0.4, -0.2) is 62.0 Å². The molecule has 0 radical (unpaired) electrons. The number of likely N-dealkylation sites (tertiary alicyclic amines) is 1. The molecule has 0 spiro atoms. The average Bonchev–Trinajstić information content (AvgIpc) is 3.06. The molecule has 1 aromatic carbocycles. The predicted molar refractivity (Wildman–Crippen MR) is 89.8 cm³/mol. The van der Waals surface area contributed by atoms with E-state index in [9.17, 15) is 9.90 Å². The largest absolute Gasteiger partial charge is 0.497 e. The van der Waals surface area contributed by atoms with Crippen LogP contribution in [0.15, 0.2) is 24.3 Å². The van der Waals surface area contributed by atoms with Crippen LogP contribution in [0, 0.1) is 0 Å². The Hall–Kier alpha value is -1.79. The first kappa shape index (κ1) is 17.6. The number of hydrogen-bond donors (Lipinski definition) is 3. The van der Waals surface area contributed by atoms with E-state index in [4.69, 9.17) is 4.74 Å². The monoisotopic (exact) mass is 321 g/mol. The maximum atomic E-state index is 11.7. The summed E-state index contributed by atoms with van der Waals surface area (Å²) in [5.41, 5.74) is 1.14. The van der Waals surface area contributed by atoms with Crippen LogP contribution >= 0.6 is 0 Å².